The average molecular weight is 480 g/mol. The lowest BCUT2D eigenvalue weighted by atomic mass is 9.89. The molecule has 174 valence electrons. The molecule has 1 aliphatic heterocycles. The number of pyridine rings is 1. The zero-order valence-corrected chi connectivity index (χ0v) is 17.8. The lowest BCUT2D eigenvalue weighted by Crippen LogP contribution is -2.28. The number of aliphatic hydroxyl groups is 1. The number of alkyl halides is 3. The van der Waals surface area contributed by atoms with Crippen molar-refractivity contribution in [2.45, 2.75) is 18.7 Å². The Hall–Kier alpha value is -3.25. The number of sulfonamides is 1. The predicted molar refractivity (Wildman–Crippen MR) is 113 cm³/mol. The first-order valence-electron chi connectivity index (χ1n) is 9.85. The minimum atomic E-state index is -4.91. The Bertz CT molecular complexity index is 1240. The second-order valence-corrected chi connectivity index (χ2v) is 9.25. The van der Waals surface area contributed by atoms with Gasteiger partial charge in [0.15, 0.2) is 11.6 Å². The van der Waals surface area contributed by atoms with Crippen LogP contribution in [-0.2, 0) is 16.4 Å². The molecule has 2 unspecified atom stereocenters. The molecule has 0 fully saturated rings. The summed E-state index contributed by atoms with van der Waals surface area (Å²) in [6, 6.07) is 10.3. The van der Waals surface area contributed by atoms with E-state index in [-0.39, 0.29) is 24.0 Å². The molecule has 0 saturated carbocycles. The topological polar surface area (TPSA) is 114 Å². The average Bonchev–Trinajstić information content (AvgIpc) is 2.75. The van der Waals surface area contributed by atoms with Gasteiger partial charge in [-0.25, -0.2) is 13.4 Å². The fraction of sp³-hybridized carbons (Fsp3) is 0.286. The summed E-state index contributed by atoms with van der Waals surface area (Å²) in [5.41, 5.74) is 1.75. The first-order valence-corrected chi connectivity index (χ1v) is 11.5. The molecule has 1 aromatic carbocycles. The number of halogens is 3. The third-order valence-electron chi connectivity index (χ3n) is 5.01. The molecule has 3 heterocycles. The monoisotopic (exact) mass is 480 g/mol. The Morgan fingerprint density at radius 3 is 2.61 bits per heavy atom. The van der Waals surface area contributed by atoms with Crippen molar-refractivity contribution in [2.24, 2.45) is 5.92 Å². The van der Waals surface area contributed by atoms with Gasteiger partial charge in [0.25, 0.3) is 0 Å². The van der Waals surface area contributed by atoms with Crippen LogP contribution in [0.25, 0.3) is 11.3 Å². The van der Waals surface area contributed by atoms with Crippen LogP contribution in [0.5, 0.6) is 5.75 Å². The highest BCUT2D eigenvalue weighted by Gasteiger charge is 2.36. The van der Waals surface area contributed by atoms with Crippen LogP contribution in [0.1, 0.15) is 17.4 Å². The van der Waals surface area contributed by atoms with Gasteiger partial charge in [-0.2, -0.15) is 13.2 Å². The quantitative estimate of drug-likeness (QED) is 0.557. The van der Waals surface area contributed by atoms with Gasteiger partial charge in [0.1, 0.15) is 11.4 Å². The van der Waals surface area contributed by atoms with E-state index in [1.165, 1.54) is 6.20 Å². The van der Waals surface area contributed by atoms with Crippen LogP contribution < -0.4 is 9.46 Å². The highest BCUT2D eigenvalue weighted by Crippen LogP contribution is 2.39. The Balaban J connectivity index is 1.58. The normalized spacial score (nSPS) is 18.3. The molecule has 0 amide bonds. The van der Waals surface area contributed by atoms with Crippen molar-refractivity contribution in [3.05, 3.63) is 66.2 Å². The Kier molecular flexibility index (Phi) is 6.21. The molecule has 8 nitrogen and oxygen atoms in total. The third kappa shape index (κ3) is 5.57. The SMILES string of the molecule is O=S(=O)(CC(F)(F)F)Nc1nccnc1-c1ccc2c(c1)OCC(Cc1ccccn1)C2O. The van der Waals surface area contributed by atoms with E-state index in [1.807, 2.05) is 16.9 Å². The fourth-order valence-corrected chi connectivity index (χ4v) is 4.52. The number of nitrogens with one attached hydrogen (secondary N) is 1. The number of nitrogens with zero attached hydrogens (tertiary/aromatic N) is 3. The molecule has 2 atom stereocenters. The number of rotatable bonds is 6. The Labute approximate surface area is 187 Å². The van der Waals surface area contributed by atoms with Gasteiger partial charge in [-0.05, 0) is 24.6 Å². The van der Waals surface area contributed by atoms with E-state index in [0.717, 1.165) is 11.9 Å². The van der Waals surface area contributed by atoms with Crippen LogP contribution in [0.2, 0.25) is 0 Å². The summed E-state index contributed by atoms with van der Waals surface area (Å²) >= 11 is 0. The number of benzene rings is 1. The van der Waals surface area contributed by atoms with E-state index in [1.54, 1.807) is 30.5 Å². The predicted octanol–water partition coefficient (Wildman–Crippen LogP) is 3.13. The van der Waals surface area contributed by atoms with Crippen LogP contribution in [0.15, 0.2) is 55.0 Å². The molecular weight excluding hydrogens is 461 g/mol. The maximum absolute atomic E-state index is 12.6. The van der Waals surface area contributed by atoms with Gasteiger partial charge in [0, 0.05) is 41.3 Å². The fourth-order valence-electron chi connectivity index (χ4n) is 3.57. The minimum absolute atomic E-state index is 0.0275. The summed E-state index contributed by atoms with van der Waals surface area (Å²) in [6.07, 6.45) is -1.09. The van der Waals surface area contributed by atoms with E-state index in [2.05, 4.69) is 15.0 Å². The number of aromatic nitrogens is 3. The Morgan fingerprint density at radius 2 is 1.88 bits per heavy atom. The molecule has 4 rings (SSSR count). The summed E-state index contributed by atoms with van der Waals surface area (Å²) in [5.74, 6) is -2.25. The first-order chi connectivity index (χ1) is 15.6. The van der Waals surface area contributed by atoms with E-state index < -0.39 is 28.1 Å². The lowest BCUT2D eigenvalue weighted by Gasteiger charge is -2.30. The number of anilines is 1. The highest BCUT2D eigenvalue weighted by atomic mass is 32.2. The molecular formula is C21H19F3N4O4S. The molecule has 0 radical (unpaired) electrons. The largest absolute Gasteiger partial charge is 0.493 e. The van der Waals surface area contributed by atoms with Gasteiger partial charge in [-0.15, -0.1) is 0 Å². The number of hydrogen-bond donors (Lipinski definition) is 2. The van der Waals surface area contributed by atoms with E-state index >= 15 is 0 Å². The van der Waals surface area contributed by atoms with E-state index in [9.17, 15) is 26.7 Å². The molecule has 12 heteroatoms. The lowest BCUT2D eigenvalue weighted by molar-refractivity contribution is -0.106. The van der Waals surface area contributed by atoms with Crippen molar-refractivity contribution in [1.29, 1.82) is 0 Å². The molecule has 1 aliphatic rings. The first kappa shape index (κ1) is 22.9. The second kappa shape index (κ2) is 8.94. The molecule has 0 spiro atoms. The Morgan fingerprint density at radius 1 is 1.09 bits per heavy atom. The van der Waals surface area contributed by atoms with Crippen molar-refractivity contribution >= 4 is 15.8 Å². The van der Waals surface area contributed by atoms with Crippen LogP contribution in [0.3, 0.4) is 0 Å². The van der Waals surface area contributed by atoms with Gasteiger partial charge in [0.05, 0.1) is 12.7 Å². The van der Waals surface area contributed by atoms with Crippen molar-refractivity contribution in [3.63, 3.8) is 0 Å². The van der Waals surface area contributed by atoms with Crippen molar-refractivity contribution in [2.75, 3.05) is 17.1 Å². The van der Waals surface area contributed by atoms with E-state index in [4.69, 9.17) is 4.74 Å². The van der Waals surface area contributed by atoms with Gasteiger partial charge < -0.3 is 9.84 Å². The molecule has 2 aromatic heterocycles. The maximum Gasteiger partial charge on any atom is 0.404 e. The minimum Gasteiger partial charge on any atom is -0.493 e. The van der Waals surface area contributed by atoms with Crippen molar-refractivity contribution in [3.8, 4) is 17.0 Å². The van der Waals surface area contributed by atoms with Crippen LogP contribution in [0, 0.1) is 5.92 Å². The standard InChI is InChI=1S/C21H19F3N4O4S/c22-21(23,24)12-33(30,31)28-20-18(26-7-8-27-20)13-4-5-16-17(10-13)32-11-14(19(16)29)9-15-3-1-2-6-25-15/h1-8,10,14,19,29H,9,11-12H2,(H,27,28). The molecule has 2 N–H and O–H groups in total. The summed E-state index contributed by atoms with van der Waals surface area (Å²) in [6.45, 7) is 0.222. The van der Waals surface area contributed by atoms with Crippen LogP contribution in [-0.4, -0.2) is 47.0 Å². The summed E-state index contributed by atoms with van der Waals surface area (Å²) < 4.78 is 69.2. The molecule has 3 aromatic rings. The third-order valence-corrected chi connectivity index (χ3v) is 6.22. The number of aliphatic hydroxyl groups excluding tert-OH is 1. The van der Waals surface area contributed by atoms with Crippen LogP contribution >= 0.6 is 0 Å². The smallest absolute Gasteiger partial charge is 0.404 e. The van der Waals surface area contributed by atoms with Crippen molar-refractivity contribution < 1.29 is 31.4 Å². The van der Waals surface area contributed by atoms with Gasteiger partial charge in [0.2, 0.25) is 10.0 Å². The summed E-state index contributed by atoms with van der Waals surface area (Å²) in [4.78, 5) is 12.2. The summed E-state index contributed by atoms with van der Waals surface area (Å²) in [7, 11) is -4.74. The van der Waals surface area contributed by atoms with Crippen molar-refractivity contribution in [1.82, 2.24) is 15.0 Å². The van der Waals surface area contributed by atoms with Crippen LogP contribution in [0.4, 0.5) is 19.0 Å². The number of hydrogen-bond acceptors (Lipinski definition) is 7. The molecule has 0 bridgehead atoms. The zero-order valence-electron chi connectivity index (χ0n) is 17.0. The number of ether oxygens (including phenoxy) is 1. The highest BCUT2D eigenvalue weighted by molar-refractivity contribution is 7.92. The molecule has 0 aliphatic carbocycles. The number of fused-ring (bicyclic) bond motifs is 1. The van der Waals surface area contributed by atoms with Gasteiger partial charge in [-0.1, -0.05) is 18.2 Å². The molecule has 33 heavy (non-hydrogen) atoms. The summed E-state index contributed by atoms with van der Waals surface area (Å²) in [5, 5.41) is 10.8. The van der Waals surface area contributed by atoms with Gasteiger partial charge >= 0.3 is 6.18 Å². The zero-order chi connectivity index (χ0) is 23.6. The second-order valence-electron chi connectivity index (χ2n) is 7.52. The van der Waals surface area contributed by atoms with Gasteiger partial charge in [-0.3, -0.25) is 14.7 Å². The molecule has 0 saturated heterocycles. The maximum atomic E-state index is 12.6. The van der Waals surface area contributed by atoms with E-state index in [0.29, 0.717) is 23.3 Å².